The van der Waals surface area contributed by atoms with Crippen molar-refractivity contribution in [3.05, 3.63) is 52.5 Å². The topological polar surface area (TPSA) is 83.1 Å². The second-order valence-electron chi connectivity index (χ2n) is 6.05. The van der Waals surface area contributed by atoms with Gasteiger partial charge < -0.3 is 24.3 Å². The molecule has 0 saturated heterocycles. The molecule has 0 aliphatic carbocycles. The van der Waals surface area contributed by atoms with Gasteiger partial charge in [-0.1, -0.05) is 11.6 Å². The van der Waals surface area contributed by atoms with Gasteiger partial charge in [0.1, 0.15) is 11.5 Å². The summed E-state index contributed by atoms with van der Waals surface area (Å²) in [6, 6.07) is 9.68. The van der Waals surface area contributed by atoms with E-state index in [1.54, 1.807) is 43.5 Å². The van der Waals surface area contributed by atoms with Gasteiger partial charge in [-0.2, -0.15) is 0 Å². The minimum Gasteiger partial charge on any atom is -0.496 e. The first kappa shape index (κ1) is 22.5. The number of carbonyl (C=O) groups excluding carboxylic acids is 2. The van der Waals surface area contributed by atoms with Crippen LogP contribution < -0.4 is 14.8 Å². The summed E-state index contributed by atoms with van der Waals surface area (Å²) in [4.78, 5) is 24.9. The third kappa shape index (κ3) is 6.10. The van der Waals surface area contributed by atoms with E-state index in [9.17, 15) is 9.59 Å². The highest BCUT2D eigenvalue weighted by Crippen LogP contribution is 2.28. The maximum atomic E-state index is 12.5. The molecule has 1 N–H and O–H groups in total. The van der Waals surface area contributed by atoms with Crippen LogP contribution in [0.2, 0.25) is 5.02 Å². The molecule has 7 nitrogen and oxygen atoms in total. The second-order valence-corrected chi connectivity index (χ2v) is 6.48. The molecule has 2 aromatic carbocycles. The normalized spacial score (nSPS) is 11.5. The molecule has 2 aromatic rings. The van der Waals surface area contributed by atoms with Crippen LogP contribution in [-0.2, 0) is 20.9 Å². The van der Waals surface area contributed by atoms with Gasteiger partial charge in [-0.25, -0.2) is 4.79 Å². The van der Waals surface area contributed by atoms with Crippen molar-refractivity contribution in [2.45, 2.75) is 26.6 Å². The summed E-state index contributed by atoms with van der Waals surface area (Å²) in [6.45, 7) is 4.18. The number of nitrogens with one attached hydrogen (secondary N) is 1. The zero-order valence-electron chi connectivity index (χ0n) is 16.8. The Balaban J connectivity index is 2.08. The minimum atomic E-state index is -1.04. The van der Waals surface area contributed by atoms with Crippen molar-refractivity contribution < 1.29 is 28.5 Å². The first-order valence-electron chi connectivity index (χ1n) is 8.99. The quantitative estimate of drug-likeness (QED) is 0.614. The van der Waals surface area contributed by atoms with Gasteiger partial charge in [0.25, 0.3) is 5.91 Å². The fourth-order valence-corrected chi connectivity index (χ4v) is 2.70. The van der Waals surface area contributed by atoms with Gasteiger partial charge in [-0.05, 0) is 50.2 Å². The number of anilines is 1. The Morgan fingerprint density at radius 3 is 2.41 bits per heavy atom. The van der Waals surface area contributed by atoms with Crippen molar-refractivity contribution >= 4 is 29.2 Å². The Kier molecular flexibility index (Phi) is 8.30. The first-order chi connectivity index (χ1) is 13.9. The van der Waals surface area contributed by atoms with Crippen LogP contribution in [0.1, 0.15) is 29.8 Å². The highest BCUT2D eigenvalue weighted by atomic mass is 35.5. The van der Waals surface area contributed by atoms with Crippen LogP contribution in [0.4, 0.5) is 5.69 Å². The third-order valence-corrected chi connectivity index (χ3v) is 4.29. The molecule has 29 heavy (non-hydrogen) atoms. The summed E-state index contributed by atoms with van der Waals surface area (Å²) in [6.07, 6.45) is -1.04. The number of benzene rings is 2. The molecule has 1 amide bonds. The Morgan fingerprint density at radius 2 is 1.76 bits per heavy atom. The molecule has 0 saturated carbocycles. The van der Waals surface area contributed by atoms with Crippen LogP contribution in [0.5, 0.6) is 11.5 Å². The molecule has 0 aromatic heterocycles. The van der Waals surface area contributed by atoms with Crippen molar-refractivity contribution in [2.75, 3.05) is 26.1 Å². The molecule has 156 valence electrons. The summed E-state index contributed by atoms with van der Waals surface area (Å²) in [5.74, 6) is -0.0982. The van der Waals surface area contributed by atoms with Crippen molar-refractivity contribution in [2.24, 2.45) is 0 Å². The van der Waals surface area contributed by atoms with Crippen LogP contribution in [-0.4, -0.2) is 38.8 Å². The van der Waals surface area contributed by atoms with Crippen LogP contribution in [0, 0.1) is 0 Å². The molecule has 0 unspecified atom stereocenters. The van der Waals surface area contributed by atoms with E-state index in [4.69, 9.17) is 30.5 Å². The van der Waals surface area contributed by atoms with E-state index in [0.717, 1.165) is 0 Å². The monoisotopic (exact) mass is 421 g/mol. The molecule has 0 bridgehead atoms. The SMILES string of the molecule is CCOCc1cc(C(=O)O[C@H](C)C(=O)Nc2cc(Cl)ccc2OC)ccc1OC. The highest BCUT2D eigenvalue weighted by Gasteiger charge is 2.21. The summed E-state index contributed by atoms with van der Waals surface area (Å²) in [5, 5.41) is 3.09. The van der Waals surface area contributed by atoms with Crippen molar-refractivity contribution in [3.8, 4) is 11.5 Å². The van der Waals surface area contributed by atoms with E-state index in [2.05, 4.69) is 5.32 Å². The fourth-order valence-electron chi connectivity index (χ4n) is 2.52. The van der Waals surface area contributed by atoms with E-state index < -0.39 is 18.0 Å². The largest absolute Gasteiger partial charge is 0.496 e. The zero-order chi connectivity index (χ0) is 21.4. The van der Waals surface area contributed by atoms with Crippen LogP contribution in [0.3, 0.4) is 0 Å². The number of esters is 1. The number of carbonyl (C=O) groups is 2. The molecule has 0 spiro atoms. The van der Waals surface area contributed by atoms with Crippen LogP contribution in [0.25, 0.3) is 0 Å². The molecule has 8 heteroatoms. The Hall–Kier alpha value is -2.77. The Morgan fingerprint density at radius 1 is 1.07 bits per heavy atom. The first-order valence-corrected chi connectivity index (χ1v) is 9.37. The van der Waals surface area contributed by atoms with E-state index >= 15 is 0 Å². The summed E-state index contributed by atoms with van der Waals surface area (Å²) in [7, 11) is 3.02. The molecule has 2 rings (SSSR count). The number of amides is 1. The van der Waals surface area contributed by atoms with Crippen molar-refractivity contribution in [1.29, 1.82) is 0 Å². The molecular formula is C21H24ClNO6. The number of rotatable bonds is 9. The van der Waals surface area contributed by atoms with Gasteiger partial charge in [0, 0.05) is 17.2 Å². The highest BCUT2D eigenvalue weighted by molar-refractivity contribution is 6.31. The van der Waals surface area contributed by atoms with E-state index in [0.29, 0.717) is 46.5 Å². The molecule has 0 aliphatic heterocycles. The van der Waals surface area contributed by atoms with Crippen LogP contribution in [0.15, 0.2) is 36.4 Å². The Bertz CT molecular complexity index is 870. The number of halogens is 1. The van der Waals surface area contributed by atoms with Gasteiger partial charge >= 0.3 is 5.97 Å². The number of hydrogen-bond donors (Lipinski definition) is 1. The lowest BCUT2D eigenvalue weighted by Crippen LogP contribution is -2.30. The van der Waals surface area contributed by atoms with Gasteiger partial charge in [0.05, 0.1) is 32.1 Å². The standard InChI is InChI=1S/C21H24ClNO6/c1-5-28-12-15-10-14(6-8-18(15)26-3)21(25)29-13(2)20(24)23-17-11-16(22)7-9-19(17)27-4/h6-11,13H,5,12H2,1-4H3,(H,23,24)/t13-/m1/s1. The molecule has 0 aliphatic rings. The predicted octanol–water partition coefficient (Wildman–Crippen LogP) is 4.08. The summed E-state index contributed by atoms with van der Waals surface area (Å²) < 4.78 is 21.2. The molecular weight excluding hydrogens is 398 g/mol. The fraction of sp³-hybridized carbons (Fsp3) is 0.333. The number of methoxy groups -OCH3 is 2. The van der Waals surface area contributed by atoms with E-state index in [1.807, 2.05) is 6.92 Å². The molecule has 0 radical (unpaired) electrons. The van der Waals surface area contributed by atoms with Crippen molar-refractivity contribution in [3.63, 3.8) is 0 Å². The van der Waals surface area contributed by atoms with Gasteiger partial charge in [0.15, 0.2) is 6.10 Å². The maximum Gasteiger partial charge on any atom is 0.338 e. The second kappa shape index (κ2) is 10.7. The number of hydrogen-bond acceptors (Lipinski definition) is 6. The van der Waals surface area contributed by atoms with E-state index in [-0.39, 0.29) is 0 Å². The minimum absolute atomic E-state index is 0.292. The third-order valence-electron chi connectivity index (χ3n) is 4.05. The lowest BCUT2D eigenvalue weighted by atomic mass is 10.1. The predicted molar refractivity (Wildman–Crippen MR) is 110 cm³/mol. The average molecular weight is 422 g/mol. The molecule has 1 atom stereocenters. The lowest BCUT2D eigenvalue weighted by Gasteiger charge is -2.16. The molecule has 0 heterocycles. The van der Waals surface area contributed by atoms with Gasteiger partial charge in [-0.3, -0.25) is 4.79 Å². The van der Waals surface area contributed by atoms with E-state index in [1.165, 1.54) is 14.0 Å². The summed E-state index contributed by atoms with van der Waals surface area (Å²) in [5.41, 5.74) is 1.39. The summed E-state index contributed by atoms with van der Waals surface area (Å²) >= 11 is 5.96. The smallest absolute Gasteiger partial charge is 0.338 e. The Labute approximate surface area is 174 Å². The van der Waals surface area contributed by atoms with Crippen molar-refractivity contribution in [1.82, 2.24) is 0 Å². The maximum absolute atomic E-state index is 12.5. The average Bonchev–Trinajstić information content (AvgIpc) is 2.72. The molecule has 0 fully saturated rings. The lowest BCUT2D eigenvalue weighted by molar-refractivity contribution is -0.123. The van der Waals surface area contributed by atoms with Gasteiger partial charge in [0.2, 0.25) is 0 Å². The van der Waals surface area contributed by atoms with Gasteiger partial charge in [-0.15, -0.1) is 0 Å². The number of ether oxygens (including phenoxy) is 4. The zero-order valence-corrected chi connectivity index (χ0v) is 17.5. The van der Waals surface area contributed by atoms with Crippen LogP contribution >= 0.6 is 11.6 Å².